The largest absolute Gasteiger partial charge is 0.325 e. The van der Waals surface area contributed by atoms with Crippen LogP contribution in [0.2, 0.25) is 0 Å². The molecule has 1 aliphatic rings. The quantitative estimate of drug-likeness (QED) is 0.512. The van der Waals surface area contributed by atoms with Crippen molar-refractivity contribution in [2.75, 3.05) is 25.2 Å². The topological polar surface area (TPSA) is 84.3 Å². The van der Waals surface area contributed by atoms with Crippen molar-refractivity contribution < 1.29 is 13.2 Å². The average Bonchev–Trinajstić information content (AvgIpc) is 3.18. The van der Waals surface area contributed by atoms with Gasteiger partial charge in [-0.3, -0.25) is 9.36 Å². The van der Waals surface area contributed by atoms with E-state index >= 15 is 0 Å². The van der Waals surface area contributed by atoms with Gasteiger partial charge < -0.3 is 5.32 Å². The van der Waals surface area contributed by atoms with E-state index in [2.05, 4.69) is 22.0 Å². The van der Waals surface area contributed by atoms with Crippen LogP contribution in [-0.2, 0) is 27.7 Å². The molecule has 3 aromatic rings. The van der Waals surface area contributed by atoms with Crippen LogP contribution in [0.1, 0.15) is 29.8 Å². The number of thioether (sulfide) groups is 1. The van der Waals surface area contributed by atoms with Crippen molar-refractivity contribution in [3.63, 3.8) is 0 Å². The number of imidazole rings is 1. The summed E-state index contributed by atoms with van der Waals surface area (Å²) in [5, 5.41) is 3.64. The molecule has 4 rings (SSSR count). The van der Waals surface area contributed by atoms with Gasteiger partial charge in [-0.05, 0) is 62.4 Å². The number of rotatable bonds is 7. The first-order valence-electron chi connectivity index (χ1n) is 10.9. The predicted octanol–water partition coefficient (Wildman–Crippen LogP) is 4.04. The molecule has 1 N–H and O–H groups in total. The number of hydrogen-bond donors (Lipinski definition) is 1. The van der Waals surface area contributed by atoms with Gasteiger partial charge in [0.05, 0.1) is 16.3 Å². The van der Waals surface area contributed by atoms with E-state index in [4.69, 9.17) is 4.98 Å². The highest BCUT2D eigenvalue weighted by Crippen LogP contribution is 2.31. The highest BCUT2D eigenvalue weighted by molar-refractivity contribution is 7.99. The van der Waals surface area contributed by atoms with Crippen LogP contribution >= 0.6 is 11.8 Å². The summed E-state index contributed by atoms with van der Waals surface area (Å²) in [6.07, 6.45) is 4.22. The summed E-state index contributed by atoms with van der Waals surface area (Å²) in [5.74, 6) is -0.0375. The Balaban J connectivity index is 1.52. The fourth-order valence-electron chi connectivity index (χ4n) is 3.94. The zero-order valence-corrected chi connectivity index (χ0v) is 20.7. The minimum Gasteiger partial charge on any atom is -0.325 e. The smallest absolute Gasteiger partial charge is 0.242 e. The van der Waals surface area contributed by atoms with Gasteiger partial charge in [-0.15, -0.1) is 0 Å². The van der Waals surface area contributed by atoms with E-state index < -0.39 is 10.0 Å². The van der Waals surface area contributed by atoms with E-state index in [9.17, 15) is 13.2 Å². The highest BCUT2D eigenvalue weighted by Gasteiger charge is 2.23. The van der Waals surface area contributed by atoms with Crippen LogP contribution in [0.3, 0.4) is 0 Å². The highest BCUT2D eigenvalue weighted by atomic mass is 32.2. The van der Waals surface area contributed by atoms with Crippen molar-refractivity contribution in [3.8, 4) is 5.69 Å². The number of amides is 1. The summed E-state index contributed by atoms with van der Waals surface area (Å²) in [7, 11) is -0.613. The number of anilines is 1. The Bertz CT molecular complexity index is 1270. The first-order chi connectivity index (χ1) is 15.8. The lowest BCUT2D eigenvalue weighted by molar-refractivity contribution is -0.113. The fraction of sp³-hybridized carbons (Fsp3) is 0.333. The standard InChI is InChI=1S/C24H28N4O3S2/c1-17-13-14-18(15-22(17)33(30,31)27(2)3)25-23(29)16-32-24-26-20-11-7-8-12-21(20)28(24)19-9-5-4-6-10-19/h4-6,9-10,13-15H,7-8,11-12,16H2,1-3H3,(H,25,29). The number of para-hydroxylation sites is 1. The fourth-order valence-corrected chi connectivity index (χ4v) is 5.93. The number of hydrogen-bond acceptors (Lipinski definition) is 5. The molecular weight excluding hydrogens is 456 g/mol. The van der Waals surface area contributed by atoms with Crippen molar-refractivity contribution >= 4 is 33.4 Å². The van der Waals surface area contributed by atoms with Crippen molar-refractivity contribution in [3.05, 3.63) is 65.5 Å². The molecule has 0 saturated carbocycles. The van der Waals surface area contributed by atoms with Crippen LogP contribution in [0.15, 0.2) is 58.6 Å². The molecule has 0 bridgehead atoms. The lowest BCUT2D eigenvalue weighted by atomic mass is 10.0. The van der Waals surface area contributed by atoms with Crippen LogP contribution in [0.4, 0.5) is 5.69 Å². The Morgan fingerprint density at radius 3 is 2.58 bits per heavy atom. The zero-order valence-electron chi connectivity index (χ0n) is 19.0. The molecule has 1 aliphatic carbocycles. The van der Waals surface area contributed by atoms with Crippen LogP contribution in [0, 0.1) is 6.92 Å². The van der Waals surface area contributed by atoms with Gasteiger partial charge in [0, 0.05) is 31.2 Å². The van der Waals surface area contributed by atoms with Gasteiger partial charge >= 0.3 is 0 Å². The molecule has 1 amide bonds. The second kappa shape index (κ2) is 9.70. The Morgan fingerprint density at radius 2 is 1.85 bits per heavy atom. The number of fused-ring (bicyclic) bond motifs is 1. The van der Waals surface area contributed by atoms with Crippen LogP contribution in [0.25, 0.3) is 5.69 Å². The molecule has 7 nitrogen and oxygen atoms in total. The number of nitrogens with zero attached hydrogens (tertiary/aromatic N) is 3. The van der Waals surface area contributed by atoms with E-state index in [0.717, 1.165) is 42.2 Å². The van der Waals surface area contributed by atoms with E-state index in [1.165, 1.54) is 41.9 Å². The van der Waals surface area contributed by atoms with Crippen molar-refractivity contribution in [2.45, 2.75) is 42.7 Å². The number of benzene rings is 2. The molecular formula is C24H28N4O3S2. The molecule has 0 saturated heterocycles. The Morgan fingerprint density at radius 1 is 1.12 bits per heavy atom. The maximum atomic E-state index is 12.7. The molecule has 0 aliphatic heterocycles. The molecule has 0 atom stereocenters. The number of carbonyl (C=O) groups is 1. The number of aryl methyl sites for hydroxylation is 2. The number of aromatic nitrogens is 2. The molecule has 1 heterocycles. The Kier molecular flexibility index (Phi) is 6.92. The number of nitrogens with one attached hydrogen (secondary N) is 1. The van der Waals surface area contributed by atoms with Crippen molar-refractivity contribution in [1.29, 1.82) is 0 Å². The second-order valence-corrected chi connectivity index (χ2v) is 11.3. The zero-order chi connectivity index (χ0) is 23.6. The third kappa shape index (κ3) is 5.00. The first kappa shape index (κ1) is 23.5. The molecule has 0 spiro atoms. The van der Waals surface area contributed by atoms with E-state index in [0.29, 0.717) is 11.3 Å². The van der Waals surface area contributed by atoms with Gasteiger partial charge in [-0.1, -0.05) is 36.0 Å². The molecule has 1 aromatic heterocycles. The second-order valence-electron chi connectivity index (χ2n) is 8.27. The van der Waals surface area contributed by atoms with Crippen molar-refractivity contribution in [2.24, 2.45) is 0 Å². The summed E-state index contributed by atoms with van der Waals surface area (Å²) in [6, 6.07) is 15.0. The normalized spacial score (nSPS) is 13.7. The minimum atomic E-state index is -3.60. The molecule has 0 unspecified atom stereocenters. The summed E-state index contributed by atoms with van der Waals surface area (Å²) in [6.45, 7) is 1.74. The van der Waals surface area contributed by atoms with Gasteiger partial charge in [0.15, 0.2) is 5.16 Å². The monoisotopic (exact) mass is 484 g/mol. The Hall–Kier alpha value is -2.62. The van der Waals surface area contributed by atoms with E-state index in [1.807, 2.05) is 18.2 Å². The lowest BCUT2D eigenvalue weighted by Crippen LogP contribution is -2.23. The summed E-state index contributed by atoms with van der Waals surface area (Å²) in [4.78, 5) is 17.8. The molecule has 33 heavy (non-hydrogen) atoms. The minimum absolute atomic E-state index is 0.173. The summed E-state index contributed by atoms with van der Waals surface area (Å²) >= 11 is 1.39. The lowest BCUT2D eigenvalue weighted by Gasteiger charge is -2.16. The van der Waals surface area contributed by atoms with Gasteiger partial charge in [-0.25, -0.2) is 17.7 Å². The maximum Gasteiger partial charge on any atom is 0.242 e. The number of sulfonamides is 1. The molecule has 2 aromatic carbocycles. The molecule has 174 valence electrons. The van der Waals surface area contributed by atoms with Crippen LogP contribution < -0.4 is 5.32 Å². The molecule has 0 fully saturated rings. The summed E-state index contributed by atoms with van der Waals surface area (Å²) in [5.41, 5.74) is 4.48. The van der Waals surface area contributed by atoms with Gasteiger partial charge in [0.25, 0.3) is 0 Å². The van der Waals surface area contributed by atoms with Crippen molar-refractivity contribution in [1.82, 2.24) is 13.9 Å². The first-order valence-corrected chi connectivity index (χ1v) is 13.3. The van der Waals surface area contributed by atoms with Gasteiger partial charge in [-0.2, -0.15) is 0 Å². The van der Waals surface area contributed by atoms with Crippen LogP contribution in [-0.4, -0.2) is 48.0 Å². The van der Waals surface area contributed by atoms with E-state index in [-0.39, 0.29) is 16.6 Å². The van der Waals surface area contributed by atoms with E-state index in [1.54, 1.807) is 19.1 Å². The Labute approximate surface area is 199 Å². The third-order valence-corrected chi connectivity index (χ3v) is 8.58. The third-order valence-electron chi connectivity index (χ3n) is 5.68. The predicted molar refractivity (Wildman–Crippen MR) is 132 cm³/mol. The molecule has 9 heteroatoms. The van der Waals surface area contributed by atoms with Gasteiger partial charge in [0.1, 0.15) is 0 Å². The SMILES string of the molecule is Cc1ccc(NC(=O)CSc2nc3c(n2-c2ccccc2)CCCC3)cc1S(=O)(=O)N(C)C. The molecule has 0 radical (unpaired) electrons. The van der Waals surface area contributed by atoms with Gasteiger partial charge in [0.2, 0.25) is 15.9 Å². The number of carbonyl (C=O) groups excluding carboxylic acids is 1. The average molecular weight is 485 g/mol. The maximum absolute atomic E-state index is 12.7. The summed E-state index contributed by atoms with van der Waals surface area (Å²) < 4.78 is 28.5. The van der Waals surface area contributed by atoms with Crippen LogP contribution in [0.5, 0.6) is 0 Å².